The van der Waals surface area contributed by atoms with E-state index in [0.29, 0.717) is 0 Å². The van der Waals surface area contributed by atoms with E-state index in [4.69, 9.17) is 4.74 Å². The molecule has 1 atom stereocenters. The molecule has 0 amide bonds. The highest BCUT2D eigenvalue weighted by molar-refractivity contribution is 4.67. The zero-order valence-electron chi connectivity index (χ0n) is 5.41. The van der Waals surface area contributed by atoms with Crippen LogP contribution in [0.5, 0.6) is 0 Å². The number of nitrogens with zero attached hydrogens (tertiary/aromatic N) is 2. The Bertz CT molecular complexity index is 107. The summed E-state index contributed by atoms with van der Waals surface area (Å²) in [6, 6.07) is 0. The van der Waals surface area contributed by atoms with Gasteiger partial charge >= 0.3 is 0 Å². The first-order valence-corrected chi connectivity index (χ1v) is 3.01. The second kappa shape index (κ2) is 2.77. The molecule has 1 fully saturated rings. The van der Waals surface area contributed by atoms with E-state index >= 15 is 0 Å². The van der Waals surface area contributed by atoms with Crippen LogP contribution in [-0.2, 0) is 4.74 Å². The van der Waals surface area contributed by atoms with E-state index in [2.05, 4.69) is 5.29 Å². The minimum absolute atomic E-state index is 0.0671. The second-order valence-electron chi connectivity index (χ2n) is 2.08. The van der Waals surface area contributed by atoms with Gasteiger partial charge in [0.05, 0.1) is 5.29 Å². The van der Waals surface area contributed by atoms with Gasteiger partial charge in [-0.15, -0.1) is 4.91 Å². The molecule has 0 N–H and O–H groups in total. The Morgan fingerprint density at radius 1 is 1.78 bits per heavy atom. The number of methoxy groups -OCH3 is 1. The van der Waals surface area contributed by atoms with Crippen LogP contribution in [0.15, 0.2) is 5.29 Å². The second-order valence-corrected chi connectivity index (χ2v) is 2.08. The van der Waals surface area contributed by atoms with Crippen LogP contribution in [-0.4, -0.2) is 24.9 Å². The third-order valence-electron chi connectivity index (χ3n) is 1.55. The molecule has 0 spiro atoms. The Morgan fingerprint density at radius 2 is 2.56 bits per heavy atom. The fourth-order valence-corrected chi connectivity index (χ4v) is 1.05. The van der Waals surface area contributed by atoms with E-state index < -0.39 is 0 Å². The monoisotopic (exact) mass is 130 g/mol. The number of rotatable bonds is 2. The molecular weight excluding hydrogens is 120 g/mol. The average molecular weight is 130 g/mol. The number of hydrogen-bond acceptors (Lipinski definition) is 3. The minimum Gasteiger partial charge on any atom is -0.360 e. The predicted octanol–water partition coefficient (Wildman–Crippen LogP) is 0.736. The molecule has 0 radical (unpaired) electrons. The summed E-state index contributed by atoms with van der Waals surface area (Å²) in [5.41, 5.74) is 0. The fourth-order valence-electron chi connectivity index (χ4n) is 1.05. The molecular formula is C5H10N2O2. The predicted molar refractivity (Wildman–Crippen MR) is 32.5 cm³/mol. The van der Waals surface area contributed by atoms with E-state index in [-0.39, 0.29) is 6.23 Å². The lowest BCUT2D eigenvalue weighted by atomic mass is 10.4. The smallest absolute Gasteiger partial charge is 0.148 e. The van der Waals surface area contributed by atoms with E-state index in [1.54, 1.807) is 7.11 Å². The fraction of sp³-hybridized carbons (Fsp3) is 1.00. The first-order chi connectivity index (χ1) is 4.38. The topological polar surface area (TPSA) is 41.9 Å². The lowest BCUT2D eigenvalue weighted by Crippen LogP contribution is -2.24. The number of nitroso groups, excluding NO2 is 1. The normalized spacial score (nSPS) is 26.8. The zero-order chi connectivity index (χ0) is 6.69. The van der Waals surface area contributed by atoms with Crippen molar-refractivity contribution >= 4 is 0 Å². The van der Waals surface area contributed by atoms with E-state index in [9.17, 15) is 4.91 Å². The highest BCUT2D eigenvalue weighted by atomic mass is 16.5. The van der Waals surface area contributed by atoms with Gasteiger partial charge in [-0.25, -0.2) is 5.01 Å². The molecule has 1 heterocycles. The van der Waals surface area contributed by atoms with Gasteiger partial charge in [0.1, 0.15) is 6.23 Å². The maximum absolute atomic E-state index is 9.97. The third-order valence-corrected chi connectivity index (χ3v) is 1.55. The van der Waals surface area contributed by atoms with Crippen molar-refractivity contribution in [2.75, 3.05) is 13.7 Å². The van der Waals surface area contributed by atoms with Crippen molar-refractivity contribution in [1.29, 1.82) is 0 Å². The van der Waals surface area contributed by atoms with Crippen molar-refractivity contribution in [3.63, 3.8) is 0 Å². The Morgan fingerprint density at radius 3 is 3.00 bits per heavy atom. The molecule has 1 rings (SSSR count). The Kier molecular flexibility index (Phi) is 2.00. The maximum atomic E-state index is 9.97. The Balaban J connectivity index is 2.41. The maximum Gasteiger partial charge on any atom is 0.148 e. The van der Waals surface area contributed by atoms with Gasteiger partial charge in [-0.2, -0.15) is 0 Å². The van der Waals surface area contributed by atoms with Crippen molar-refractivity contribution in [2.45, 2.75) is 19.1 Å². The van der Waals surface area contributed by atoms with Gasteiger partial charge in [0.25, 0.3) is 0 Å². The van der Waals surface area contributed by atoms with Gasteiger partial charge < -0.3 is 4.74 Å². The summed E-state index contributed by atoms with van der Waals surface area (Å²) in [4.78, 5) is 9.97. The third kappa shape index (κ3) is 1.18. The van der Waals surface area contributed by atoms with E-state index in [1.165, 1.54) is 5.01 Å². The van der Waals surface area contributed by atoms with Crippen LogP contribution in [0.25, 0.3) is 0 Å². The van der Waals surface area contributed by atoms with Gasteiger partial charge in [-0.05, 0) is 12.8 Å². The molecule has 0 bridgehead atoms. The van der Waals surface area contributed by atoms with Gasteiger partial charge in [0, 0.05) is 13.7 Å². The molecule has 0 saturated carbocycles. The molecule has 1 aliphatic heterocycles. The first kappa shape index (κ1) is 6.48. The molecule has 9 heavy (non-hydrogen) atoms. The summed E-state index contributed by atoms with van der Waals surface area (Å²) in [5, 5.41) is 4.23. The van der Waals surface area contributed by atoms with Crippen molar-refractivity contribution in [3.05, 3.63) is 4.91 Å². The lowest BCUT2D eigenvalue weighted by molar-refractivity contribution is -0.00345. The van der Waals surface area contributed by atoms with Crippen LogP contribution < -0.4 is 0 Å². The van der Waals surface area contributed by atoms with Gasteiger partial charge in [0.2, 0.25) is 0 Å². The molecule has 0 aromatic carbocycles. The summed E-state index contributed by atoms with van der Waals surface area (Å²) >= 11 is 0. The highest BCUT2D eigenvalue weighted by Gasteiger charge is 2.23. The van der Waals surface area contributed by atoms with E-state index in [1.807, 2.05) is 0 Å². The molecule has 0 aromatic rings. The van der Waals surface area contributed by atoms with Crippen LogP contribution in [0.3, 0.4) is 0 Å². The molecule has 1 saturated heterocycles. The summed E-state index contributed by atoms with van der Waals surface area (Å²) in [6.45, 7) is 0.738. The van der Waals surface area contributed by atoms with Gasteiger partial charge in [-0.3, -0.25) is 0 Å². The van der Waals surface area contributed by atoms with Crippen LogP contribution in [0.4, 0.5) is 0 Å². The van der Waals surface area contributed by atoms with Crippen molar-refractivity contribution in [3.8, 4) is 0 Å². The quantitative estimate of drug-likeness (QED) is 0.517. The molecule has 1 unspecified atom stereocenters. The van der Waals surface area contributed by atoms with Gasteiger partial charge in [-0.1, -0.05) is 0 Å². The van der Waals surface area contributed by atoms with Crippen LogP contribution >= 0.6 is 0 Å². The standard InChI is InChI=1S/C5H10N2O2/c1-9-5-3-2-4-7(5)6-8/h5H,2-4H2,1H3. The number of hydrogen-bond donors (Lipinski definition) is 0. The SMILES string of the molecule is COC1CCCN1N=O. The lowest BCUT2D eigenvalue weighted by Gasteiger charge is -2.14. The summed E-state index contributed by atoms with van der Waals surface area (Å²) in [7, 11) is 1.59. The summed E-state index contributed by atoms with van der Waals surface area (Å²) < 4.78 is 4.95. The van der Waals surface area contributed by atoms with Crippen molar-refractivity contribution in [1.82, 2.24) is 5.01 Å². The Hall–Kier alpha value is -0.640. The molecule has 4 heteroatoms. The highest BCUT2D eigenvalue weighted by Crippen LogP contribution is 2.16. The van der Waals surface area contributed by atoms with E-state index in [0.717, 1.165) is 19.4 Å². The zero-order valence-corrected chi connectivity index (χ0v) is 5.41. The van der Waals surface area contributed by atoms with Crippen LogP contribution in [0.2, 0.25) is 0 Å². The average Bonchev–Trinajstić information content (AvgIpc) is 2.33. The molecule has 4 nitrogen and oxygen atoms in total. The molecule has 0 aromatic heterocycles. The molecule has 52 valence electrons. The summed E-state index contributed by atoms with van der Waals surface area (Å²) in [6.07, 6.45) is 1.86. The molecule has 0 aliphatic carbocycles. The molecule has 1 aliphatic rings. The Labute approximate surface area is 53.7 Å². The summed E-state index contributed by atoms with van der Waals surface area (Å²) in [5.74, 6) is 0. The largest absolute Gasteiger partial charge is 0.360 e. The van der Waals surface area contributed by atoms with Gasteiger partial charge in [0.15, 0.2) is 0 Å². The number of ether oxygens (including phenoxy) is 1. The van der Waals surface area contributed by atoms with Crippen molar-refractivity contribution in [2.24, 2.45) is 5.29 Å². The minimum atomic E-state index is -0.0671. The van der Waals surface area contributed by atoms with Crippen LogP contribution in [0.1, 0.15) is 12.8 Å². The van der Waals surface area contributed by atoms with Crippen LogP contribution in [0, 0.1) is 4.91 Å². The first-order valence-electron chi connectivity index (χ1n) is 3.01. The van der Waals surface area contributed by atoms with Crippen molar-refractivity contribution < 1.29 is 4.74 Å².